The van der Waals surface area contributed by atoms with Crippen LogP contribution in [0.3, 0.4) is 0 Å². The van der Waals surface area contributed by atoms with Crippen LogP contribution in [-0.2, 0) is 0 Å². The van der Waals surface area contributed by atoms with Gasteiger partial charge in [-0.2, -0.15) is 0 Å². The SMILES string of the molecule is O=[N+]([O-])c1ccccc1-c1ccc2c3c4sc5ccccc5c4ccc3n(-c3ccccc3)c2c1. The Bertz CT molecular complexity index is 1930. The highest BCUT2D eigenvalue weighted by atomic mass is 32.1. The van der Waals surface area contributed by atoms with Crippen molar-refractivity contribution < 1.29 is 4.92 Å². The lowest BCUT2D eigenvalue weighted by Gasteiger charge is -2.09. The number of rotatable bonds is 3. The molecule has 5 heteroatoms. The molecule has 4 nitrogen and oxygen atoms in total. The minimum Gasteiger partial charge on any atom is -0.309 e. The van der Waals surface area contributed by atoms with Gasteiger partial charge in [0.25, 0.3) is 5.69 Å². The maximum atomic E-state index is 11.7. The molecule has 7 aromatic rings. The predicted octanol–water partition coefficient (Wildman–Crippen LogP) is 8.73. The monoisotopic (exact) mass is 470 g/mol. The summed E-state index contributed by atoms with van der Waals surface area (Å²) in [5.41, 5.74) is 4.79. The van der Waals surface area contributed by atoms with Crippen LogP contribution in [-0.4, -0.2) is 9.49 Å². The number of nitro groups is 1. The van der Waals surface area contributed by atoms with Crippen molar-refractivity contribution >= 4 is 59.0 Å². The van der Waals surface area contributed by atoms with Crippen LogP contribution in [0.25, 0.3) is 58.8 Å². The maximum Gasteiger partial charge on any atom is 0.277 e. The second kappa shape index (κ2) is 7.52. The third-order valence-corrected chi connectivity index (χ3v) is 7.90. The van der Waals surface area contributed by atoms with Crippen molar-refractivity contribution in [3.8, 4) is 16.8 Å². The molecule has 0 spiro atoms. The van der Waals surface area contributed by atoms with Crippen molar-refractivity contribution in [3.05, 3.63) is 119 Å². The lowest BCUT2D eigenvalue weighted by Crippen LogP contribution is -1.94. The number of nitrogens with zero attached hydrogens (tertiary/aromatic N) is 2. The van der Waals surface area contributed by atoms with Crippen LogP contribution in [0.4, 0.5) is 5.69 Å². The number of hydrogen-bond donors (Lipinski definition) is 0. The Morgan fingerprint density at radius 1 is 0.686 bits per heavy atom. The smallest absolute Gasteiger partial charge is 0.277 e. The molecule has 7 rings (SSSR count). The minimum atomic E-state index is -0.312. The van der Waals surface area contributed by atoms with Gasteiger partial charge in [-0.25, -0.2) is 0 Å². The Kier molecular flexibility index (Phi) is 4.28. The summed E-state index contributed by atoms with van der Waals surface area (Å²) in [6, 6.07) is 36.4. The number of hydrogen-bond acceptors (Lipinski definition) is 3. The van der Waals surface area contributed by atoms with Crippen molar-refractivity contribution in [2.45, 2.75) is 0 Å². The van der Waals surface area contributed by atoms with Gasteiger partial charge in [0.15, 0.2) is 0 Å². The number of para-hydroxylation sites is 2. The number of fused-ring (bicyclic) bond motifs is 7. The zero-order valence-electron chi connectivity index (χ0n) is 18.5. The van der Waals surface area contributed by atoms with Crippen LogP contribution in [0.2, 0.25) is 0 Å². The summed E-state index contributed by atoms with van der Waals surface area (Å²) in [4.78, 5) is 11.4. The number of aromatic nitrogens is 1. The van der Waals surface area contributed by atoms with Gasteiger partial charge in [0, 0.05) is 42.7 Å². The fourth-order valence-electron chi connectivity index (χ4n) is 5.18. The molecule has 166 valence electrons. The minimum absolute atomic E-state index is 0.112. The van der Waals surface area contributed by atoms with Gasteiger partial charge in [0.1, 0.15) is 0 Å². The fraction of sp³-hybridized carbons (Fsp3) is 0. The van der Waals surface area contributed by atoms with E-state index in [2.05, 4.69) is 65.2 Å². The largest absolute Gasteiger partial charge is 0.309 e. The fourth-order valence-corrected chi connectivity index (χ4v) is 6.44. The first-order valence-corrected chi connectivity index (χ1v) is 12.2. The highest BCUT2D eigenvalue weighted by Crippen LogP contribution is 2.44. The van der Waals surface area contributed by atoms with E-state index in [1.807, 2.05) is 47.7 Å². The van der Waals surface area contributed by atoms with Crippen molar-refractivity contribution in [3.63, 3.8) is 0 Å². The molecule has 0 unspecified atom stereocenters. The molecule has 0 fully saturated rings. The molecule has 2 heterocycles. The van der Waals surface area contributed by atoms with E-state index in [1.165, 1.54) is 25.6 Å². The molecule has 0 aliphatic carbocycles. The van der Waals surface area contributed by atoms with E-state index in [4.69, 9.17) is 0 Å². The average Bonchev–Trinajstić information content (AvgIpc) is 3.44. The van der Waals surface area contributed by atoms with Gasteiger partial charge in [0.05, 0.1) is 21.5 Å². The third-order valence-electron chi connectivity index (χ3n) is 6.70. The van der Waals surface area contributed by atoms with Crippen LogP contribution >= 0.6 is 11.3 Å². The van der Waals surface area contributed by atoms with Gasteiger partial charge in [-0.3, -0.25) is 10.1 Å². The Balaban J connectivity index is 1.63. The summed E-state index contributed by atoms with van der Waals surface area (Å²) in [7, 11) is 0. The first-order chi connectivity index (χ1) is 17.2. The Hall–Kier alpha value is -4.48. The first-order valence-electron chi connectivity index (χ1n) is 11.4. The van der Waals surface area contributed by atoms with Crippen molar-refractivity contribution in [1.82, 2.24) is 4.57 Å². The van der Waals surface area contributed by atoms with Gasteiger partial charge in [-0.1, -0.05) is 66.7 Å². The van der Waals surface area contributed by atoms with Crippen molar-refractivity contribution in [1.29, 1.82) is 0 Å². The van der Waals surface area contributed by atoms with Gasteiger partial charge in [-0.05, 0) is 42.0 Å². The van der Waals surface area contributed by atoms with E-state index < -0.39 is 0 Å². The molecule has 0 saturated carbocycles. The zero-order valence-corrected chi connectivity index (χ0v) is 19.3. The average molecular weight is 471 g/mol. The van der Waals surface area contributed by atoms with Crippen LogP contribution in [0.1, 0.15) is 0 Å². The number of thiophene rings is 1. The Morgan fingerprint density at radius 2 is 1.43 bits per heavy atom. The topological polar surface area (TPSA) is 48.1 Å². The molecular formula is C30H18N2O2S. The molecular weight excluding hydrogens is 452 g/mol. The van der Waals surface area contributed by atoms with Gasteiger partial charge < -0.3 is 4.57 Å². The van der Waals surface area contributed by atoms with Crippen molar-refractivity contribution in [2.75, 3.05) is 0 Å². The number of benzene rings is 5. The van der Waals surface area contributed by atoms with E-state index in [0.717, 1.165) is 27.7 Å². The Morgan fingerprint density at radius 3 is 2.29 bits per heavy atom. The van der Waals surface area contributed by atoms with E-state index in [-0.39, 0.29) is 10.6 Å². The molecule has 0 aliphatic rings. The van der Waals surface area contributed by atoms with E-state index in [9.17, 15) is 10.1 Å². The highest BCUT2D eigenvalue weighted by molar-refractivity contribution is 7.26. The second-order valence-corrected chi connectivity index (χ2v) is 9.66. The van der Waals surface area contributed by atoms with Crippen LogP contribution < -0.4 is 0 Å². The molecule has 0 radical (unpaired) electrons. The van der Waals surface area contributed by atoms with Crippen LogP contribution in [0, 0.1) is 10.1 Å². The summed E-state index contributed by atoms with van der Waals surface area (Å²) in [6.45, 7) is 0. The van der Waals surface area contributed by atoms with Gasteiger partial charge >= 0.3 is 0 Å². The molecule has 0 bridgehead atoms. The maximum absolute atomic E-state index is 11.7. The summed E-state index contributed by atoms with van der Waals surface area (Å²) in [5, 5.41) is 16.6. The lowest BCUT2D eigenvalue weighted by molar-refractivity contribution is -0.384. The first kappa shape index (κ1) is 19.9. The highest BCUT2D eigenvalue weighted by Gasteiger charge is 2.20. The second-order valence-electron chi connectivity index (χ2n) is 8.61. The summed E-state index contributed by atoms with van der Waals surface area (Å²) in [5.74, 6) is 0. The van der Waals surface area contributed by atoms with Crippen LogP contribution in [0.5, 0.6) is 0 Å². The molecule has 0 atom stereocenters. The lowest BCUT2D eigenvalue weighted by atomic mass is 10.0. The Labute approximate surface area is 204 Å². The zero-order chi connectivity index (χ0) is 23.5. The molecule has 2 aromatic heterocycles. The molecule has 0 N–H and O–H groups in total. The summed E-state index contributed by atoms with van der Waals surface area (Å²) < 4.78 is 4.81. The van der Waals surface area contributed by atoms with E-state index in [0.29, 0.717) is 5.56 Å². The van der Waals surface area contributed by atoms with Gasteiger partial charge in [0.2, 0.25) is 0 Å². The van der Waals surface area contributed by atoms with Crippen LogP contribution in [0.15, 0.2) is 109 Å². The van der Waals surface area contributed by atoms with E-state index >= 15 is 0 Å². The standard InChI is InChI=1S/C30H18N2O2S/c33-32(34)25-12-6-4-10-21(25)19-14-15-24-27(18-19)31(20-8-2-1-3-9-20)26-17-16-23-22-11-5-7-13-28(22)35-30(23)29(24)26/h1-18H. The third kappa shape index (κ3) is 2.92. The molecule has 0 aliphatic heterocycles. The van der Waals surface area contributed by atoms with Gasteiger partial charge in [-0.15, -0.1) is 11.3 Å². The molecule has 0 saturated heterocycles. The summed E-state index contributed by atoms with van der Waals surface area (Å²) >= 11 is 1.82. The quantitative estimate of drug-likeness (QED) is 0.191. The molecule has 5 aromatic carbocycles. The van der Waals surface area contributed by atoms with Crippen molar-refractivity contribution in [2.24, 2.45) is 0 Å². The normalized spacial score (nSPS) is 11.7. The molecule has 0 amide bonds. The molecule has 35 heavy (non-hydrogen) atoms. The number of nitro benzene ring substituents is 1. The summed E-state index contributed by atoms with van der Waals surface area (Å²) in [6.07, 6.45) is 0. The van der Waals surface area contributed by atoms with E-state index in [1.54, 1.807) is 12.1 Å². The predicted molar refractivity (Wildman–Crippen MR) is 146 cm³/mol.